The Balaban J connectivity index is 2.21. The third kappa shape index (κ3) is 2.78. The van der Waals surface area contributed by atoms with E-state index in [0.29, 0.717) is 5.58 Å². The van der Waals surface area contributed by atoms with E-state index in [1.54, 1.807) is 12.1 Å². The first-order valence-electron chi connectivity index (χ1n) is 5.79. The number of hydrogen-bond donors (Lipinski definition) is 2. The highest BCUT2D eigenvalue weighted by Gasteiger charge is 2.09. The van der Waals surface area contributed by atoms with E-state index in [1.165, 1.54) is 0 Å². The van der Waals surface area contributed by atoms with Crippen molar-refractivity contribution in [3.05, 3.63) is 41.7 Å². The molecule has 2 N–H and O–H groups in total. The molecule has 4 heteroatoms. The van der Waals surface area contributed by atoms with E-state index < -0.39 is 5.97 Å². The highest BCUT2D eigenvalue weighted by atomic mass is 16.4. The van der Waals surface area contributed by atoms with Gasteiger partial charge in [-0.3, -0.25) is 0 Å². The predicted molar refractivity (Wildman–Crippen MR) is 70.8 cm³/mol. The zero-order valence-corrected chi connectivity index (χ0v) is 10.1. The molecule has 0 atom stereocenters. The van der Waals surface area contributed by atoms with Gasteiger partial charge in [0.2, 0.25) is 5.76 Å². The lowest BCUT2D eigenvalue weighted by Crippen LogP contribution is -2.05. The fourth-order valence-electron chi connectivity index (χ4n) is 1.72. The number of carboxylic acid groups (broad SMARTS) is 1. The van der Waals surface area contributed by atoms with E-state index >= 15 is 0 Å². The largest absolute Gasteiger partial charge is 0.475 e. The molecule has 0 aliphatic heterocycles. The van der Waals surface area contributed by atoms with Gasteiger partial charge in [0.1, 0.15) is 5.58 Å². The summed E-state index contributed by atoms with van der Waals surface area (Å²) in [6.07, 6.45) is 5.06. The van der Waals surface area contributed by atoms with Crippen molar-refractivity contribution in [3.8, 4) is 0 Å². The molecule has 0 saturated carbocycles. The van der Waals surface area contributed by atoms with Crippen molar-refractivity contribution in [1.29, 1.82) is 0 Å². The van der Waals surface area contributed by atoms with Crippen molar-refractivity contribution < 1.29 is 14.3 Å². The Morgan fingerprint density at radius 1 is 1.44 bits per heavy atom. The van der Waals surface area contributed by atoms with Gasteiger partial charge in [-0.1, -0.05) is 18.2 Å². The van der Waals surface area contributed by atoms with Crippen LogP contribution in [-0.2, 0) is 0 Å². The number of hydrogen-bond acceptors (Lipinski definition) is 3. The number of aromatic carboxylic acids is 1. The van der Waals surface area contributed by atoms with Gasteiger partial charge >= 0.3 is 5.97 Å². The van der Waals surface area contributed by atoms with E-state index in [2.05, 4.69) is 11.4 Å². The molecule has 1 aromatic carbocycles. The van der Waals surface area contributed by atoms with E-state index in [1.807, 2.05) is 25.3 Å². The van der Waals surface area contributed by atoms with Crippen LogP contribution in [0.5, 0.6) is 0 Å². The highest BCUT2D eigenvalue weighted by molar-refractivity contribution is 5.92. The fourth-order valence-corrected chi connectivity index (χ4v) is 1.72. The first-order valence-corrected chi connectivity index (χ1v) is 5.79. The van der Waals surface area contributed by atoms with Gasteiger partial charge in [0.25, 0.3) is 0 Å². The molecule has 0 radical (unpaired) electrons. The average Bonchev–Trinajstić information content (AvgIpc) is 2.78. The van der Waals surface area contributed by atoms with Gasteiger partial charge in [-0.15, -0.1) is 0 Å². The van der Waals surface area contributed by atoms with Crippen molar-refractivity contribution in [2.75, 3.05) is 13.6 Å². The maximum absolute atomic E-state index is 10.8. The smallest absolute Gasteiger partial charge is 0.371 e. The van der Waals surface area contributed by atoms with Gasteiger partial charge < -0.3 is 14.8 Å². The summed E-state index contributed by atoms with van der Waals surface area (Å²) in [6.45, 7) is 0.938. The molecule has 0 unspecified atom stereocenters. The lowest BCUT2D eigenvalue weighted by atomic mass is 10.1. The average molecular weight is 245 g/mol. The molecule has 0 fully saturated rings. The van der Waals surface area contributed by atoms with Crippen molar-refractivity contribution in [3.63, 3.8) is 0 Å². The van der Waals surface area contributed by atoms with E-state index in [9.17, 15) is 4.79 Å². The van der Waals surface area contributed by atoms with Crippen LogP contribution in [0.15, 0.2) is 34.8 Å². The van der Waals surface area contributed by atoms with Crippen LogP contribution in [-0.4, -0.2) is 24.7 Å². The molecule has 0 amide bonds. The van der Waals surface area contributed by atoms with E-state index in [4.69, 9.17) is 9.52 Å². The summed E-state index contributed by atoms with van der Waals surface area (Å²) in [7, 11) is 1.92. The van der Waals surface area contributed by atoms with Crippen LogP contribution in [0.25, 0.3) is 17.0 Å². The Morgan fingerprint density at radius 2 is 2.28 bits per heavy atom. The third-order valence-electron chi connectivity index (χ3n) is 2.62. The summed E-state index contributed by atoms with van der Waals surface area (Å²) < 4.78 is 5.19. The third-order valence-corrected chi connectivity index (χ3v) is 2.62. The molecule has 2 rings (SSSR count). The number of carboxylic acids is 1. The van der Waals surface area contributed by atoms with E-state index in [0.717, 1.165) is 23.9 Å². The van der Waals surface area contributed by atoms with Gasteiger partial charge in [-0.25, -0.2) is 4.79 Å². The normalized spacial score (nSPS) is 11.4. The molecule has 4 nitrogen and oxygen atoms in total. The zero-order chi connectivity index (χ0) is 13.0. The summed E-state index contributed by atoms with van der Waals surface area (Å²) in [6, 6.07) is 7.16. The summed E-state index contributed by atoms with van der Waals surface area (Å²) in [5.74, 6) is -1.07. The SMILES string of the molecule is CNCCC=Cc1ccc2oc(C(=O)O)cc2c1. The van der Waals surface area contributed by atoms with Gasteiger partial charge in [0.05, 0.1) is 0 Å². The molecule has 18 heavy (non-hydrogen) atoms. The van der Waals surface area contributed by atoms with Crippen molar-refractivity contribution >= 4 is 23.0 Å². The Bertz CT molecular complexity index is 584. The van der Waals surface area contributed by atoms with Gasteiger partial charge in [-0.2, -0.15) is 0 Å². The lowest BCUT2D eigenvalue weighted by Gasteiger charge is -1.94. The number of benzene rings is 1. The van der Waals surface area contributed by atoms with Crippen molar-refractivity contribution in [1.82, 2.24) is 5.32 Å². The van der Waals surface area contributed by atoms with Gasteiger partial charge in [0, 0.05) is 5.39 Å². The van der Waals surface area contributed by atoms with Crippen LogP contribution in [0.2, 0.25) is 0 Å². The van der Waals surface area contributed by atoms with Crippen LogP contribution < -0.4 is 5.32 Å². The summed E-state index contributed by atoms with van der Waals surface area (Å²) >= 11 is 0. The lowest BCUT2D eigenvalue weighted by molar-refractivity contribution is 0.0665. The quantitative estimate of drug-likeness (QED) is 0.795. The number of furan rings is 1. The number of nitrogens with one attached hydrogen (secondary N) is 1. The van der Waals surface area contributed by atoms with Gasteiger partial charge in [0.15, 0.2) is 0 Å². The predicted octanol–water partition coefficient (Wildman–Crippen LogP) is 2.75. The summed E-state index contributed by atoms with van der Waals surface area (Å²) in [4.78, 5) is 10.8. The Labute approximate surface area is 105 Å². The number of fused-ring (bicyclic) bond motifs is 1. The molecule has 1 aromatic heterocycles. The van der Waals surface area contributed by atoms with Crippen molar-refractivity contribution in [2.24, 2.45) is 0 Å². The van der Waals surface area contributed by atoms with Crippen LogP contribution in [0, 0.1) is 0 Å². The molecule has 0 saturated heterocycles. The Hall–Kier alpha value is -2.07. The second kappa shape index (κ2) is 5.51. The first kappa shape index (κ1) is 12.4. The zero-order valence-electron chi connectivity index (χ0n) is 10.1. The molecular formula is C14H15NO3. The van der Waals surface area contributed by atoms with Crippen molar-refractivity contribution in [2.45, 2.75) is 6.42 Å². The topological polar surface area (TPSA) is 62.5 Å². The number of carbonyl (C=O) groups is 1. The molecule has 0 spiro atoms. The molecule has 1 heterocycles. The fraction of sp³-hybridized carbons (Fsp3) is 0.214. The minimum absolute atomic E-state index is 0.0266. The maximum Gasteiger partial charge on any atom is 0.371 e. The Kier molecular flexibility index (Phi) is 3.79. The maximum atomic E-state index is 10.8. The molecule has 2 aromatic rings. The number of rotatable bonds is 5. The van der Waals surface area contributed by atoms with Crippen LogP contribution in [0.4, 0.5) is 0 Å². The monoisotopic (exact) mass is 245 g/mol. The first-order chi connectivity index (χ1) is 8.70. The van der Waals surface area contributed by atoms with Crippen LogP contribution in [0.3, 0.4) is 0 Å². The Morgan fingerprint density at radius 3 is 3.00 bits per heavy atom. The molecule has 0 aliphatic carbocycles. The molecule has 94 valence electrons. The second-order valence-electron chi connectivity index (χ2n) is 4.01. The standard InChI is InChI=1S/C14H15NO3/c1-15-7-3-2-4-10-5-6-12-11(8-10)9-13(18-12)14(16)17/h2,4-6,8-9,15H,3,7H2,1H3,(H,16,17). The minimum atomic E-state index is -1.04. The molecular weight excluding hydrogens is 230 g/mol. The summed E-state index contributed by atoms with van der Waals surface area (Å²) in [5, 5.41) is 12.7. The van der Waals surface area contributed by atoms with Crippen LogP contribution >= 0.6 is 0 Å². The molecule has 0 bridgehead atoms. The second-order valence-corrected chi connectivity index (χ2v) is 4.01. The van der Waals surface area contributed by atoms with Gasteiger partial charge in [-0.05, 0) is 43.8 Å². The van der Waals surface area contributed by atoms with Crippen LogP contribution in [0.1, 0.15) is 22.5 Å². The van der Waals surface area contributed by atoms with E-state index in [-0.39, 0.29) is 5.76 Å². The minimum Gasteiger partial charge on any atom is -0.475 e. The molecule has 0 aliphatic rings. The summed E-state index contributed by atoms with van der Waals surface area (Å²) in [5.41, 5.74) is 1.64. The highest BCUT2D eigenvalue weighted by Crippen LogP contribution is 2.21.